The lowest BCUT2D eigenvalue weighted by atomic mass is 10.1. The van der Waals surface area contributed by atoms with Crippen LogP contribution in [0.1, 0.15) is 38.5 Å². The van der Waals surface area contributed by atoms with Crippen LogP contribution in [0.2, 0.25) is 0 Å². The fourth-order valence-corrected chi connectivity index (χ4v) is 1.25. The molecule has 0 nitrogen and oxygen atoms in total. The molecule has 0 heteroatoms. The Labute approximate surface area is 75.7 Å². The molecule has 1 aliphatic rings. The van der Waals surface area contributed by atoms with Crippen LogP contribution < -0.4 is 0 Å². The molecule has 65 valence electrons. The van der Waals surface area contributed by atoms with Gasteiger partial charge in [0.25, 0.3) is 0 Å². The predicted molar refractivity (Wildman–Crippen MR) is 53.8 cm³/mol. The van der Waals surface area contributed by atoms with Gasteiger partial charge in [-0.3, -0.25) is 0 Å². The van der Waals surface area contributed by atoms with Crippen LogP contribution in [-0.4, -0.2) is 0 Å². The van der Waals surface area contributed by atoms with Gasteiger partial charge in [0.1, 0.15) is 0 Å². The van der Waals surface area contributed by atoms with E-state index in [1.165, 1.54) is 25.7 Å². The maximum atomic E-state index is 3.30. The minimum Gasteiger partial charge on any atom is -0.0845 e. The summed E-state index contributed by atoms with van der Waals surface area (Å²) in [6.45, 7) is 0. The van der Waals surface area contributed by atoms with E-state index < -0.39 is 0 Å². The van der Waals surface area contributed by atoms with Gasteiger partial charge in [-0.05, 0) is 38.2 Å². The molecular weight excluding hydrogens is 144 g/mol. The van der Waals surface area contributed by atoms with Gasteiger partial charge >= 0.3 is 0 Å². The Morgan fingerprint density at radius 2 is 1.83 bits per heavy atom. The van der Waals surface area contributed by atoms with Gasteiger partial charge in [0.2, 0.25) is 0 Å². The van der Waals surface area contributed by atoms with E-state index in [4.69, 9.17) is 0 Å². The van der Waals surface area contributed by atoms with Crippen molar-refractivity contribution in [3.8, 4) is 0 Å². The quantitative estimate of drug-likeness (QED) is 0.506. The Balaban J connectivity index is 2.31. The summed E-state index contributed by atoms with van der Waals surface area (Å²) in [6, 6.07) is 0. The van der Waals surface area contributed by atoms with E-state index in [2.05, 4.69) is 36.5 Å². The summed E-state index contributed by atoms with van der Waals surface area (Å²) >= 11 is 0. The third kappa shape index (κ3) is 4.95. The van der Waals surface area contributed by atoms with Crippen molar-refractivity contribution in [3.63, 3.8) is 0 Å². The molecule has 0 aromatic carbocycles. The Morgan fingerprint density at radius 3 is 2.83 bits per heavy atom. The Hall–Kier alpha value is -0.780. The van der Waals surface area contributed by atoms with Crippen molar-refractivity contribution in [1.82, 2.24) is 0 Å². The van der Waals surface area contributed by atoms with Gasteiger partial charge in [-0.2, -0.15) is 0 Å². The van der Waals surface area contributed by atoms with E-state index in [9.17, 15) is 0 Å². The van der Waals surface area contributed by atoms with E-state index in [-0.39, 0.29) is 0 Å². The summed E-state index contributed by atoms with van der Waals surface area (Å²) in [6.07, 6.45) is 21.5. The van der Waals surface area contributed by atoms with Crippen LogP contribution >= 0.6 is 0 Å². The summed E-state index contributed by atoms with van der Waals surface area (Å²) in [4.78, 5) is 0. The molecule has 0 spiro atoms. The number of rotatable bonds is 0. The molecule has 0 atom stereocenters. The number of hydrogen-bond donors (Lipinski definition) is 0. The summed E-state index contributed by atoms with van der Waals surface area (Å²) in [7, 11) is 0. The third-order valence-electron chi connectivity index (χ3n) is 1.97. The number of allylic oxidation sites excluding steroid dienone is 6. The zero-order chi connectivity index (χ0) is 8.49. The zero-order valence-corrected chi connectivity index (χ0v) is 7.63. The predicted octanol–water partition coefficient (Wildman–Crippen LogP) is 3.81. The Morgan fingerprint density at radius 1 is 0.917 bits per heavy atom. The lowest BCUT2D eigenvalue weighted by molar-refractivity contribution is 0.690. The van der Waals surface area contributed by atoms with Crippen LogP contribution in [-0.2, 0) is 0 Å². The standard InChI is InChI=1S/C12H17/c1-2-4-6-8-10-12-11-9-7-5-3-1/h1-4,7H,5-6,8,10-12H2/b3-1+,4-2-,9-7?. The molecule has 0 fully saturated rings. The SMILES string of the molecule is [C]1=C\C/C=C/C=C\CCCCC/1. The Kier molecular flexibility index (Phi) is 5.35. The van der Waals surface area contributed by atoms with Gasteiger partial charge in [0, 0.05) is 0 Å². The largest absolute Gasteiger partial charge is 0.0845 e. The average molecular weight is 161 g/mol. The van der Waals surface area contributed by atoms with E-state index in [0.29, 0.717) is 0 Å². The van der Waals surface area contributed by atoms with Gasteiger partial charge in [0.15, 0.2) is 0 Å². The Bertz CT molecular complexity index is 172. The summed E-state index contributed by atoms with van der Waals surface area (Å²) < 4.78 is 0. The first-order valence-electron chi connectivity index (χ1n) is 4.87. The minimum absolute atomic E-state index is 1.03. The van der Waals surface area contributed by atoms with Gasteiger partial charge in [-0.15, -0.1) is 0 Å². The normalized spacial score (nSPS) is 28.0. The van der Waals surface area contributed by atoms with Crippen molar-refractivity contribution in [3.05, 3.63) is 36.5 Å². The van der Waals surface area contributed by atoms with Gasteiger partial charge < -0.3 is 0 Å². The molecule has 1 radical (unpaired) electrons. The zero-order valence-electron chi connectivity index (χ0n) is 7.63. The average Bonchev–Trinajstić information content (AvgIpc) is 2.05. The van der Waals surface area contributed by atoms with Crippen molar-refractivity contribution >= 4 is 0 Å². The fourth-order valence-electron chi connectivity index (χ4n) is 1.25. The van der Waals surface area contributed by atoms with E-state index in [0.717, 1.165) is 12.8 Å². The second-order valence-corrected chi connectivity index (χ2v) is 3.10. The highest BCUT2D eigenvalue weighted by Crippen LogP contribution is 2.05. The van der Waals surface area contributed by atoms with Crippen LogP contribution in [0.5, 0.6) is 0 Å². The highest BCUT2D eigenvalue weighted by Gasteiger charge is 1.86. The van der Waals surface area contributed by atoms with Crippen LogP contribution in [0.25, 0.3) is 0 Å². The number of hydrogen-bond acceptors (Lipinski definition) is 0. The molecule has 0 saturated heterocycles. The highest BCUT2D eigenvalue weighted by molar-refractivity contribution is 5.04. The van der Waals surface area contributed by atoms with Crippen molar-refractivity contribution in [2.75, 3.05) is 0 Å². The maximum Gasteiger partial charge on any atom is -0.0160 e. The molecule has 0 aromatic rings. The van der Waals surface area contributed by atoms with Gasteiger partial charge in [0.05, 0.1) is 0 Å². The summed E-state index contributed by atoms with van der Waals surface area (Å²) in [5.41, 5.74) is 0. The fraction of sp³-hybridized carbons (Fsp3) is 0.500. The highest BCUT2D eigenvalue weighted by atomic mass is 13.9. The molecule has 1 rings (SSSR count). The molecule has 0 amide bonds. The first-order chi connectivity index (χ1) is 6.00. The molecule has 0 bridgehead atoms. The van der Waals surface area contributed by atoms with Crippen molar-refractivity contribution in [2.24, 2.45) is 0 Å². The minimum atomic E-state index is 1.03. The molecule has 0 N–H and O–H groups in total. The molecule has 1 aliphatic carbocycles. The molecular formula is C12H17. The summed E-state index contributed by atoms with van der Waals surface area (Å²) in [5, 5.41) is 0. The molecule has 0 aliphatic heterocycles. The first kappa shape index (κ1) is 9.31. The molecule has 12 heavy (non-hydrogen) atoms. The molecule has 0 unspecified atom stereocenters. The van der Waals surface area contributed by atoms with Crippen LogP contribution in [0.3, 0.4) is 0 Å². The van der Waals surface area contributed by atoms with Crippen molar-refractivity contribution in [1.29, 1.82) is 0 Å². The first-order valence-corrected chi connectivity index (χ1v) is 4.87. The van der Waals surface area contributed by atoms with E-state index >= 15 is 0 Å². The summed E-state index contributed by atoms with van der Waals surface area (Å²) in [5.74, 6) is 0. The smallest absolute Gasteiger partial charge is 0.0160 e. The monoisotopic (exact) mass is 161 g/mol. The van der Waals surface area contributed by atoms with E-state index in [1.54, 1.807) is 0 Å². The third-order valence-corrected chi connectivity index (χ3v) is 1.97. The molecule has 0 heterocycles. The van der Waals surface area contributed by atoms with Crippen LogP contribution in [0.4, 0.5) is 0 Å². The van der Waals surface area contributed by atoms with Crippen LogP contribution in [0, 0.1) is 6.08 Å². The van der Waals surface area contributed by atoms with Crippen LogP contribution in [0.15, 0.2) is 30.4 Å². The van der Waals surface area contributed by atoms with Gasteiger partial charge in [-0.1, -0.05) is 36.8 Å². The second kappa shape index (κ2) is 6.90. The van der Waals surface area contributed by atoms with E-state index in [1.807, 2.05) is 0 Å². The van der Waals surface area contributed by atoms with Crippen molar-refractivity contribution < 1.29 is 0 Å². The molecule has 0 aromatic heterocycles. The van der Waals surface area contributed by atoms with Crippen molar-refractivity contribution in [2.45, 2.75) is 38.5 Å². The lowest BCUT2D eigenvalue weighted by Crippen LogP contribution is -1.76. The maximum absolute atomic E-state index is 3.30. The molecule has 0 saturated carbocycles. The van der Waals surface area contributed by atoms with Gasteiger partial charge in [-0.25, -0.2) is 0 Å². The topological polar surface area (TPSA) is 0 Å². The second-order valence-electron chi connectivity index (χ2n) is 3.10. The lowest BCUT2D eigenvalue weighted by Gasteiger charge is -1.95.